The summed E-state index contributed by atoms with van der Waals surface area (Å²) in [6.45, 7) is 3.00. The van der Waals surface area contributed by atoms with Gasteiger partial charge in [-0.15, -0.1) is 0 Å². The van der Waals surface area contributed by atoms with Crippen LogP contribution in [-0.4, -0.2) is 41.8 Å². The molecule has 174 valence electrons. The van der Waals surface area contributed by atoms with Crippen LogP contribution < -0.4 is 5.32 Å². The number of carbonyl (C=O) groups excluding carboxylic acids is 1. The predicted octanol–water partition coefficient (Wildman–Crippen LogP) is 3.62. The molecule has 1 aliphatic rings. The molecule has 5 aromatic rings. The Morgan fingerprint density at radius 1 is 1.09 bits per heavy atom. The van der Waals surface area contributed by atoms with Crippen LogP contribution >= 0.6 is 0 Å². The van der Waals surface area contributed by atoms with Crippen molar-refractivity contribution in [2.45, 2.75) is 26.3 Å². The number of aryl methyl sites for hydroxylation is 3. The molecule has 1 aliphatic carbocycles. The number of hydrogen-bond acceptors (Lipinski definition) is 6. The number of furan rings is 1. The molecule has 4 heterocycles. The third-order valence-electron chi connectivity index (χ3n) is 6.31. The smallest absolute Gasteiger partial charge is 0.255 e. The van der Waals surface area contributed by atoms with Crippen LogP contribution in [0.5, 0.6) is 0 Å². The minimum Gasteiger partial charge on any atom is -0.463 e. The van der Waals surface area contributed by atoms with Crippen molar-refractivity contribution in [3.63, 3.8) is 0 Å². The molecular formula is C26H23N7O2. The number of carbonyl (C=O) groups is 1. The summed E-state index contributed by atoms with van der Waals surface area (Å²) < 4.78 is 9.23. The Bertz CT molecular complexity index is 1510. The topological polar surface area (TPSA) is 104 Å². The maximum atomic E-state index is 13.1. The van der Waals surface area contributed by atoms with E-state index in [-0.39, 0.29) is 5.91 Å². The molecule has 0 saturated heterocycles. The van der Waals surface area contributed by atoms with E-state index in [1.165, 1.54) is 11.8 Å². The first-order valence-electron chi connectivity index (χ1n) is 11.5. The average molecular weight is 466 g/mol. The second-order valence-corrected chi connectivity index (χ2v) is 8.42. The molecule has 9 heteroatoms. The van der Waals surface area contributed by atoms with E-state index < -0.39 is 0 Å². The number of nitrogens with one attached hydrogen (secondary N) is 1. The molecule has 0 fully saturated rings. The van der Waals surface area contributed by atoms with Gasteiger partial charge in [0.15, 0.2) is 5.76 Å². The number of imidazole rings is 1. The highest BCUT2D eigenvalue weighted by Gasteiger charge is 2.25. The third kappa shape index (κ3) is 3.80. The number of hydrogen-bond donors (Lipinski definition) is 1. The number of nitrogens with zero attached hydrogens (tertiary/aromatic N) is 6. The zero-order valence-corrected chi connectivity index (χ0v) is 19.2. The number of aromatic nitrogens is 6. The van der Waals surface area contributed by atoms with Gasteiger partial charge in [-0.05, 0) is 43.0 Å². The SMILES string of the molecule is Cc1nccn1CCNC(=O)c1cnn(-c2ncc3c(n2)-c2ccccc2CC3)c1-c1ccco1. The number of amides is 1. The summed E-state index contributed by atoms with van der Waals surface area (Å²) in [5, 5.41) is 7.47. The Kier molecular flexibility index (Phi) is 5.21. The largest absolute Gasteiger partial charge is 0.463 e. The number of fused-ring (bicyclic) bond motifs is 3. The summed E-state index contributed by atoms with van der Waals surface area (Å²) in [5.74, 6) is 1.55. The van der Waals surface area contributed by atoms with E-state index in [0.29, 0.717) is 36.1 Å². The van der Waals surface area contributed by atoms with Crippen molar-refractivity contribution < 1.29 is 9.21 Å². The molecule has 6 rings (SSSR count). The van der Waals surface area contributed by atoms with E-state index in [0.717, 1.165) is 35.5 Å². The van der Waals surface area contributed by atoms with Gasteiger partial charge in [-0.2, -0.15) is 9.78 Å². The first kappa shape index (κ1) is 21.0. The Morgan fingerprint density at radius 2 is 1.97 bits per heavy atom. The predicted molar refractivity (Wildman–Crippen MR) is 129 cm³/mol. The maximum absolute atomic E-state index is 13.1. The van der Waals surface area contributed by atoms with Crippen molar-refractivity contribution in [3.8, 4) is 28.7 Å². The molecule has 0 aliphatic heterocycles. The second kappa shape index (κ2) is 8.68. The van der Waals surface area contributed by atoms with Crippen molar-refractivity contribution in [1.82, 2.24) is 34.6 Å². The fraction of sp³-hybridized carbons (Fsp3) is 0.192. The van der Waals surface area contributed by atoms with E-state index in [2.05, 4.69) is 32.5 Å². The normalized spacial score (nSPS) is 12.3. The quantitative estimate of drug-likeness (QED) is 0.411. The van der Waals surface area contributed by atoms with Gasteiger partial charge in [0.2, 0.25) is 0 Å². The van der Waals surface area contributed by atoms with E-state index in [1.807, 2.05) is 36.0 Å². The monoisotopic (exact) mass is 465 g/mol. The lowest BCUT2D eigenvalue weighted by Gasteiger charge is -2.19. The first-order chi connectivity index (χ1) is 17.2. The Hall–Kier alpha value is -4.53. The van der Waals surface area contributed by atoms with Crippen LogP contribution in [0.15, 0.2) is 71.9 Å². The summed E-state index contributed by atoms with van der Waals surface area (Å²) in [4.78, 5) is 26.8. The van der Waals surface area contributed by atoms with Crippen LogP contribution in [0.4, 0.5) is 0 Å². The lowest BCUT2D eigenvalue weighted by molar-refractivity contribution is 0.0952. The van der Waals surface area contributed by atoms with E-state index in [9.17, 15) is 4.79 Å². The molecule has 1 aromatic carbocycles. The number of benzene rings is 1. The molecule has 0 saturated carbocycles. The van der Waals surface area contributed by atoms with Crippen LogP contribution in [0.2, 0.25) is 0 Å². The molecule has 0 unspecified atom stereocenters. The summed E-state index contributed by atoms with van der Waals surface area (Å²) in [5.41, 5.74) is 5.28. The van der Waals surface area contributed by atoms with E-state index in [4.69, 9.17) is 9.40 Å². The Labute approximate surface area is 201 Å². The van der Waals surface area contributed by atoms with Crippen molar-refractivity contribution in [1.29, 1.82) is 0 Å². The van der Waals surface area contributed by atoms with Gasteiger partial charge in [-0.25, -0.2) is 15.0 Å². The maximum Gasteiger partial charge on any atom is 0.255 e. The zero-order chi connectivity index (χ0) is 23.8. The molecule has 0 bridgehead atoms. The van der Waals surface area contributed by atoms with Crippen LogP contribution in [0.3, 0.4) is 0 Å². The summed E-state index contributed by atoms with van der Waals surface area (Å²) >= 11 is 0. The lowest BCUT2D eigenvalue weighted by Crippen LogP contribution is -2.27. The highest BCUT2D eigenvalue weighted by Crippen LogP contribution is 2.33. The standard InChI is InChI=1S/C26H23N7O2/c1-17-27-10-12-32(17)13-11-28-25(34)21-16-30-33(24(21)22-7-4-14-35-22)26-29-15-19-9-8-18-5-2-3-6-20(18)23(19)31-26/h2-7,10,12,14-16H,8-9,11,13H2,1H3,(H,28,34). The summed E-state index contributed by atoms with van der Waals surface area (Å²) in [6, 6.07) is 11.9. The molecule has 9 nitrogen and oxygen atoms in total. The molecule has 1 N–H and O–H groups in total. The minimum atomic E-state index is -0.247. The molecule has 1 amide bonds. The lowest BCUT2D eigenvalue weighted by atomic mass is 9.90. The Balaban J connectivity index is 1.35. The van der Waals surface area contributed by atoms with Crippen LogP contribution in [0.1, 0.15) is 27.3 Å². The van der Waals surface area contributed by atoms with Crippen LogP contribution in [0.25, 0.3) is 28.7 Å². The minimum absolute atomic E-state index is 0.247. The fourth-order valence-electron chi connectivity index (χ4n) is 4.50. The molecule has 0 spiro atoms. The van der Waals surface area contributed by atoms with Crippen molar-refractivity contribution in [2.24, 2.45) is 0 Å². The van der Waals surface area contributed by atoms with Gasteiger partial charge < -0.3 is 14.3 Å². The first-order valence-corrected chi connectivity index (χ1v) is 11.5. The Morgan fingerprint density at radius 3 is 2.80 bits per heavy atom. The van der Waals surface area contributed by atoms with Gasteiger partial charge in [0.05, 0.1) is 23.7 Å². The van der Waals surface area contributed by atoms with Crippen molar-refractivity contribution in [3.05, 3.63) is 90.0 Å². The number of rotatable bonds is 6. The molecule has 0 radical (unpaired) electrons. The second-order valence-electron chi connectivity index (χ2n) is 8.42. The van der Waals surface area contributed by atoms with Gasteiger partial charge in [0.1, 0.15) is 11.5 Å². The average Bonchev–Trinajstić information content (AvgIpc) is 3.65. The van der Waals surface area contributed by atoms with Crippen LogP contribution in [-0.2, 0) is 19.4 Å². The summed E-state index contributed by atoms with van der Waals surface area (Å²) in [6.07, 6.45) is 10.4. The highest BCUT2D eigenvalue weighted by atomic mass is 16.3. The van der Waals surface area contributed by atoms with E-state index in [1.54, 1.807) is 29.3 Å². The van der Waals surface area contributed by atoms with Crippen LogP contribution in [0, 0.1) is 6.92 Å². The molecule has 4 aromatic heterocycles. The van der Waals surface area contributed by atoms with Gasteiger partial charge in [0, 0.05) is 37.2 Å². The molecular weight excluding hydrogens is 442 g/mol. The van der Waals surface area contributed by atoms with E-state index >= 15 is 0 Å². The highest BCUT2D eigenvalue weighted by molar-refractivity contribution is 5.99. The van der Waals surface area contributed by atoms with Crippen molar-refractivity contribution >= 4 is 5.91 Å². The van der Waals surface area contributed by atoms with Gasteiger partial charge in [-0.3, -0.25) is 4.79 Å². The van der Waals surface area contributed by atoms with Gasteiger partial charge >= 0.3 is 0 Å². The third-order valence-corrected chi connectivity index (χ3v) is 6.31. The van der Waals surface area contributed by atoms with Gasteiger partial charge in [0.25, 0.3) is 11.9 Å². The molecule has 35 heavy (non-hydrogen) atoms. The fourth-order valence-corrected chi connectivity index (χ4v) is 4.50. The zero-order valence-electron chi connectivity index (χ0n) is 19.2. The van der Waals surface area contributed by atoms with Crippen molar-refractivity contribution in [2.75, 3.05) is 6.54 Å². The van der Waals surface area contributed by atoms with Gasteiger partial charge in [-0.1, -0.05) is 24.3 Å². The molecule has 0 atom stereocenters. The summed E-state index contributed by atoms with van der Waals surface area (Å²) in [7, 11) is 0.